The van der Waals surface area contributed by atoms with Gasteiger partial charge in [-0.05, 0) is 43.1 Å². The van der Waals surface area contributed by atoms with Gasteiger partial charge in [-0.2, -0.15) is 8.78 Å². The lowest BCUT2D eigenvalue weighted by Gasteiger charge is -2.09. The Balaban J connectivity index is 1.83. The van der Waals surface area contributed by atoms with E-state index in [2.05, 4.69) is 10.3 Å². The molecule has 0 aliphatic carbocycles. The lowest BCUT2D eigenvalue weighted by atomic mass is 10.1. The van der Waals surface area contributed by atoms with E-state index >= 15 is 0 Å². The SMILES string of the molecule is Cc1cc(F)ccc1CCNCc1nccn1C(F)F. The summed E-state index contributed by atoms with van der Waals surface area (Å²) >= 11 is 0. The van der Waals surface area contributed by atoms with Crippen LogP contribution in [0.3, 0.4) is 0 Å². The zero-order valence-corrected chi connectivity index (χ0v) is 11.1. The highest BCUT2D eigenvalue weighted by Crippen LogP contribution is 2.12. The van der Waals surface area contributed by atoms with Gasteiger partial charge in [0.2, 0.25) is 0 Å². The van der Waals surface area contributed by atoms with Gasteiger partial charge >= 0.3 is 6.55 Å². The van der Waals surface area contributed by atoms with E-state index in [4.69, 9.17) is 0 Å². The number of aryl methyl sites for hydroxylation is 1. The first-order valence-electron chi connectivity index (χ1n) is 6.33. The van der Waals surface area contributed by atoms with Crippen molar-refractivity contribution in [3.8, 4) is 0 Å². The molecule has 0 spiro atoms. The topological polar surface area (TPSA) is 29.9 Å². The maximum atomic E-state index is 12.9. The second-order valence-electron chi connectivity index (χ2n) is 4.53. The lowest BCUT2D eigenvalue weighted by molar-refractivity contribution is 0.0666. The molecule has 0 unspecified atom stereocenters. The van der Waals surface area contributed by atoms with E-state index in [1.54, 1.807) is 6.07 Å². The van der Waals surface area contributed by atoms with Gasteiger partial charge in [-0.3, -0.25) is 4.57 Å². The molecule has 20 heavy (non-hydrogen) atoms. The molecule has 0 atom stereocenters. The number of imidazole rings is 1. The summed E-state index contributed by atoms with van der Waals surface area (Å²) in [4.78, 5) is 3.88. The standard InChI is InChI=1S/C14H16F3N3/c1-10-8-12(15)3-2-11(10)4-5-18-9-13-19-6-7-20(13)14(16)17/h2-3,6-8,14,18H,4-5,9H2,1H3. The van der Waals surface area contributed by atoms with E-state index in [-0.39, 0.29) is 12.4 Å². The molecule has 1 aromatic carbocycles. The third-order valence-electron chi connectivity index (χ3n) is 3.12. The lowest BCUT2D eigenvalue weighted by Crippen LogP contribution is -2.20. The number of hydrogen-bond acceptors (Lipinski definition) is 2. The van der Waals surface area contributed by atoms with Crippen LogP contribution in [0.15, 0.2) is 30.6 Å². The molecule has 0 saturated carbocycles. The second kappa shape index (κ2) is 6.56. The zero-order valence-electron chi connectivity index (χ0n) is 11.1. The van der Waals surface area contributed by atoms with Crippen LogP contribution in [-0.2, 0) is 13.0 Å². The Morgan fingerprint density at radius 2 is 2.15 bits per heavy atom. The summed E-state index contributed by atoms with van der Waals surface area (Å²) in [6, 6.07) is 4.65. The van der Waals surface area contributed by atoms with Crippen LogP contribution in [0.4, 0.5) is 13.2 Å². The summed E-state index contributed by atoms with van der Waals surface area (Å²) in [5.41, 5.74) is 1.93. The largest absolute Gasteiger partial charge is 0.319 e. The predicted octanol–water partition coefficient (Wildman–Crippen LogP) is 3.06. The van der Waals surface area contributed by atoms with Gasteiger partial charge in [0.1, 0.15) is 11.6 Å². The molecule has 0 bridgehead atoms. The first kappa shape index (κ1) is 14.6. The molecular weight excluding hydrogens is 267 g/mol. The van der Waals surface area contributed by atoms with E-state index in [0.29, 0.717) is 18.8 Å². The van der Waals surface area contributed by atoms with Crippen LogP contribution in [0.1, 0.15) is 23.5 Å². The van der Waals surface area contributed by atoms with Gasteiger partial charge in [0.25, 0.3) is 0 Å². The third-order valence-corrected chi connectivity index (χ3v) is 3.12. The Labute approximate surface area is 115 Å². The normalized spacial score (nSPS) is 11.2. The molecule has 6 heteroatoms. The average Bonchev–Trinajstić information content (AvgIpc) is 2.85. The number of hydrogen-bond donors (Lipinski definition) is 1. The maximum Gasteiger partial charge on any atom is 0.319 e. The molecule has 0 amide bonds. The van der Waals surface area contributed by atoms with Crippen LogP contribution in [0.25, 0.3) is 0 Å². The highest BCUT2D eigenvalue weighted by atomic mass is 19.3. The van der Waals surface area contributed by atoms with Gasteiger partial charge in [-0.25, -0.2) is 9.37 Å². The van der Waals surface area contributed by atoms with Gasteiger partial charge < -0.3 is 5.32 Å². The monoisotopic (exact) mass is 283 g/mol. The number of alkyl halides is 2. The Morgan fingerprint density at radius 1 is 1.35 bits per heavy atom. The van der Waals surface area contributed by atoms with Crippen LogP contribution >= 0.6 is 0 Å². The molecule has 3 nitrogen and oxygen atoms in total. The summed E-state index contributed by atoms with van der Waals surface area (Å²) in [5, 5.41) is 3.06. The van der Waals surface area contributed by atoms with Crippen molar-refractivity contribution in [3.63, 3.8) is 0 Å². The third kappa shape index (κ3) is 3.60. The number of rotatable bonds is 6. The van der Waals surface area contributed by atoms with E-state index in [0.717, 1.165) is 15.7 Å². The Bertz CT molecular complexity index is 567. The maximum absolute atomic E-state index is 12.9. The van der Waals surface area contributed by atoms with Crippen LogP contribution in [0.2, 0.25) is 0 Å². The van der Waals surface area contributed by atoms with E-state index in [1.807, 2.05) is 6.92 Å². The minimum atomic E-state index is -2.58. The Hall–Kier alpha value is -1.82. The van der Waals surface area contributed by atoms with Crippen molar-refractivity contribution in [3.05, 3.63) is 53.4 Å². The average molecular weight is 283 g/mol. The van der Waals surface area contributed by atoms with Gasteiger partial charge in [0.15, 0.2) is 0 Å². The summed E-state index contributed by atoms with van der Waals surface area (Å²) in [7, 11) is 0. The number of halogens is 3. The number of aromatic nitrogens is 2. The first-order chi connectivity index (χ1) is 9.58. The van der Waals surface area contributed by atoms with Crippen molar-refractivity contribution in [2.24, 2.45) is 0 Å². The fourth-order valence-corrected chi connectivity index (χ4v) is 2.02. The van der Waals surface area contributed by atoms with Crippen LogP contribution < -0.4 is 5.32 Å². The first-order valence-corrected chi connectivity index (χ1v) is 6.33. The minimum Gasteiger partial charge on any atom is -0.310 e. The smallest absolute Gasteiger partial charge is 0.310 e. The van der Waals surface area contributed by atoms with Gasteiger partial charge in [-0.15, -0.1) is 0 Å². The molecule has 1 heterocycles. The fourth-order valence-electron chi connectivity index (χ4n) is 2.02. The van der Waals surface area contributed by atoms with Gasteiger partial charge in [-0.1, -0.05) is 6.07 Å². The highest BCUT2D eigenvalue weighted by molar-refractivity contribution is 5.26. The molecule has 1 aromatic heterocycles. The second-order valence-corrected chi connectivity index (χ2v) is 4.53. The summed E-state index contributed by atoms with van der Waals surface area (Å²) in [6.07, 6.45) is 3.32. The van der Waals surface area contributed by atoms with E-state index in [1.165, 1.54) is 24.5 Å². The molecular formula is C14H16F3N3. The fraction of sp³-hybridized carbons (Fsp3) is 0.357. The van der Waals surface area contributed by atoms with Crippen molar-refractivity contribution >= 4 is 0 Å². The van der Waals surface area contributed by atoms with E-state index < -0.39 is 6.55 Å². The molecule has 0 fully saturated rings. The molecule has 0 radical (unpaired) electrons. The molecule has 2 rings (SSSR count). The number of nitrogens with zero attached hydrogens (tertiary/aromatic N) is 2. The molecule has 0 aliphatic heterocycles. The predicted molar refractivity (Wildman–Crippen MR) is 70.0 cm³/mol. The summed E-state index contributed by atoms with van der Waals surface area (Å²) in [6.45, 7) is 0.163. The van der Waals surface area contributed by atoms with Crippen LogP contribution in [-0.4, -0.2) is 16.1 Å². The number of nitrogens with one attached hydrogen (secondary N) is 1. The van der Waals surface area contributed by atoms with Crippen LogP contribution in [0.5, 0.6) is 0 Å². The summed E-state index contributed by atoms with van der Waals surface area (Å²) < 4.78 is 38.9. The van der Waals surface area contributed by atoms with Crippen molar-refractivity contribution in [1.29, 1.82) is 0 Å². The van der Waals surface area contributed by atoms with Crippen LogP contribution in [0, 0.1) is 12.7 Å². The number of benzene rings is 1. The minimum absolute atomic E-state index is 0.252. The Kier molecular flexibility index (Phi) is 4.79. The van der Waals surface area contributed by atoms with Crippen molar-refractivity contribution < 1.29 is 13.2 Å². The molecule has 0 aliphatic rings. The molecule has 2 aromatic rings. The Morgan fingerprint density at radius 3 is 2.85 bits per heavy atom. The van der Waals surface area contributed by atoms with Crippen molar-refractivity contribution in [1.82, 2.24) is 14.9 Å². The molecule has 108 valence electrons. The van der Waals surface area contributed by atoms with Gasteiger partial charge in [0, 0.05) is 12.4 Å². The zero-order chi connectivity index (χ0) is 14.5. The molecule has 1 N–H and O–H groups in total. The van der Waals surface area contributed by atoms with E-state index in [9.17, 15) is 13.2 Å². The van der Waals surface area contributed by atoms with Gasteiger partial charge in [0.05, 0.1) is 6.54 Å². The quantitative estimate of drug-likeness (QED) is 0.826. The highest BCUT2D eigenvalue weighted by Gasteiger charge is 2.10. The summed E-state index contributed by atoms with van der Waals surface area (Å²) in [5.74, 6) is 0.0500. The van der Waals surface area contributed by atoms with Crippen molar-refractivity contribution in [2.45, 2.75) is 26.4 Å². The van der Waals surface area contributed by atoms with Crippen molar-refractivity contribution in [2.75, 3.05) is 6.54 Å². The molecule has 0 saturated heterocycles.